The number of aryl methyl sites for hydroxylation is 1. The highest BCUT2D eigenvalue weighted by Crippen LogP contribution is 2.34. The summed E-state index contributed by atoms with van der Waals surface area (Å²) in [6, 6.07) is 5.19. The van der Waals surface area contributed by atoms with Crippen LogP contribution in [0.25, 0.3) is 0 Å². The average Bonchev–Trinajstić information content (AvgIpc) is 2.67. The number of benzene rings is 1. The van der Waals surface area contributed by atoms with Gasteiger partial charge in [-0.05, 0) is 50.9 Å². The maximum absolute atomic E-state index is 10.9. The zero-order valence-electron chi connectivity index (χ0n) is 10.2. The monoisotopic (exact) mass is 438 g/mol. The minimum absolute atomic E-state index is 0.0982. The summed E-state index contributed by atoms with van der Waals surface area (Å²) < 4.78 is 2.34. The number of nitrogens with zero attached hydrogens (tertiary/aromatic N) is 1. The first-order valence-corrected chi connectivity index (χ1v) is 8.28. The molecule has 0 aliphatic heterocycles. The van der Waals surface area contributed by atoms with E-state index in [-0.39, 0.29) is 10.6 Å². The Morgan fingerprint density at radius 3 is 2.60 bits per heavy atom. The molecule has 0 fully saturated rings. The van der Waals surface area contributed by atoms with Crippen LogP contribution in [-0.4, -0.2) is 4.92 Å². The number of hydrogen-bond donors (Lipinski definition) is 1. The van der Waals surface area contributed by atoms with Crippen LogP contribution < -0.4 is 5.32 Å². The van der Waals surface area contributed by atoms with Gasteiger partial charge in [0.25, 0.3) is 5.69 Å². The summed E-state index contributed by atoms with van der Waals surface area (Å²) in [5.74, 6) is 0. The highest BCUT2D eigenvalue weighted by atomic mass is 79.9. The molecule has 0 saturated heterocycles. The molecule has 1 aromatic carbocycles. The fourth-order valence-corrected chi connectivity index (χ4v) is 3.98. The van der Waals surface area contributed by atoms with Gasteiger partial charge in [0.1, 0.15) is 4.34 Å². The lowest BCUT2D eigenvalue weighted by Gasteiger charge is -2.08. The topological polar surface area (TPSA) is 55.2 Å². The smallest absolute Gasteiger partial charge is 0.274 e. The molecule has 0 bridgehead atoms. The second-order valence-electron chi connectivity index (χ2n) is 4.06. The van der Waals surface area contributed by atoms with Crippen molar-refractivity contribution in [2.24, 2.45) is 0 Å². The number of halogens is 3. The van der Waals surface area contributed by atoms with Crippen molar-refractivity contribution >= 4 is 66.2 Å². The van der Waals surface area contributed by atoms with E-state index in [1.165, 1.54) is 17.4 Å². The number of nitro groups is 1. The largest absolute Gasteiger partial charge is 0.379 e. The number of hydrogen-bond acceptors (Lipinski definition) is 4. The van der Waals surface area contributed by atoms with Gasteiger partial charge in [-0.3, -0.25) is 10.1 Å². The Kier molecular flexibility index (Phi) is 5.06. The van der Waals surface area contributed by atoms with E-state index < -0.39 is 0 Å². The van der Waals surface area contributed by atoms with E-state index in [4.69, 9.17) is 11.6 Å². The summed E-state index contributed by atoms with van der Waals surface area (Å²) in [5, 5.41) is 14.1. The third kappa shape index (κ3) is 3.52. The van der Waals surface area contributed by atoms with E-state index in [1.807, 2.05) is 6.07 Å². The van der Waals surface area contributed by atoms with Crippen LogP contribution in [0.1, 0.15) is 10.4 Å². The van der Waals surface area contributed by atoms with Gasteiger partial charge in [0.05, 0.1) is 10.6 Å². The van der Waals surface area contributed by atoms with Crippen LogP contribution in [-0.2, 0) is 6.54 Å². The SMILES string of the molecule is Cc1cc(Br)c(NCc2cc(Br)c(Cl)s2)cc1[N+](=O)[O-]. The molecule has 0 radical (unpaired) electrons. The predicted octanol–water partition coefficient (Wildman–Crippen LogP) is 5.76. The highest BCUT2D eigenvalue weighted by molar-refractivity contribution is 9.11. The molecule has 2 rings (SSSR count). The number of nitrogens with one attached hydrogen (secondary N) is 1. The summed E-state index contributed by atoms with van der Waals surface area (Å²) in [6.45, 7) is 2.26. The molecule has 0 spiro atoms. The molecule has 1 N–H and O–H groups in total. The second kappa shape index (κ2) is 6.43. The summed E-state index contributed by atoms with van der Waals surface area (Å²) in [7, 11) is 0. The second-order valence-corrected chi connectivity index (χ2v) is 7.51. The van der Waals surface area contributed by atoms with Gasteiger partial charge in [0, 0.05) is 32.0 Å². The minimum Gasteiger partial charge on any atom is -0.379 e. The Bertz CT molecular complexity index is 656. The van der Waals surface area contributed by atoms with E-state index in [9.17, 15) is 10.1 Å². The lowest BCUT2D eigenvalue weighted by Crippen LogP contribution is -2.00. The van der Waals surface area contributed by atoms with Crippen molar-refractivity contribution in [2.45, 2.75) is 13.5 Å². The van der Waals surface area contributed by atoms with Crippen molar-refractivity contribution < 1.29 is 4.92 Å². The van der Waals surface area contributed by atoms with E-state index in [0.717, 1.165) is 13.8 Å². The highest BCUT2D eigenvalue weighted by Gasteiger charge is 2.14. The first-order chi connectivity index (χ1) is 9.38. The molecule has 0 amide bonds. The zero-order chi connectivity index (χ0) is 14.9. The van der Waals surface area contributed by atoms with Crippen molar-refractivity contribution in [1.82, 2.24) is 0 Å². The Hall–Kier alpha value is -0.630. The molecule has 1 aromatic heterocycles. The molecule has 8 heteroatoms. The van der Waals surface area contributed by atoms with Gasteiger partial charge in [-0.2, -0.15) is 0 Å². The first kappa shape index (κ1) is 15.8. The molecule has 20 heavy (non-hydrogen) atoms. The number of nitro benzene ring substituents is 1. The van der Waals surface area contributed by atoms with Gasteiger partial charge in [0.15, 0.2) is 0 Å². The molecule has 0 aliphatic rings. The molecule has 0 saturated carbocycles. The van der Waals surface area contributed by atoms with E-state index in [1.54, 1.807) is 13.0 Å². The lowest BCUT2D eigenvalue weighted by molar-refractivity contribution is -0.385. The van der Waals surface area contributed by atoms with Crippen LogP contribution in [0.2, 0.25) is 4.34 Å². The van der Waals surface area contributed by atoms with Crippen molar-refractivity contribution in [2.75, 3.05) is 5.32 Å². The average molecular weight is 441 g/mol. The third-order valence-electron chi connectivity index (χ3n) is 2.63. The molecular formula is C12H9Br2ClN2O2S. The summed E-state index contributed by atoms with van der Waals surface area (Å²) in [4.78, 5) is 11.6. The van der Waals surface area contributed by atoms with Gasteiger partial charge in [-0.15, -0.1) is 11.3 Å². The van der Waals surface area contributed by atoms with Gasteiger partial charge in [0.2, 0.25) is 0 Å². The normalized spacial score (nSPS) is 10.6. The zero-order valence-corrected chi connectivity index (χ0v) is 15.0. The maximum atomic E-state index is 10.9. The van der Waals surface area contributed by atoms with Crippen molar-refractivity contribution in [3.05, 3.63) is 52.0 Å². The standard InChI is InChI=1S/C12H9Br2ClN2O2S/c1-6-2-8(13)10(4-11(6)17(18)19)16-5-7-3-9(14)12(15)20-7/h2-4,16H,5H2,1H3. The van der Waals surface area contributed by atoms with Gasteiger partial charge in [-0.1, -0.05) is 11.6 Å². The molecular weight excluding hydrogens is 431 g/mol. The molecule has 106 valence electrons. The fraction of sp³-hybridized carbons (Fsp3) is 0.167. The Balaban J connectivity index is 2.21. The number of thiophene rings is 1. The summed E-state index contributed by atoms with van der Waals surface area (Å²) in [5.41, 5.74) is 1.40. The van der Waals surface area contributed by atoms with Crippen LogP contribution in [0.5, 0.6) is 0 Å². The third-order valence-corrected chi connectivity index (χ3v) is 5.76. The molecule has 2 aromatic rings. The fourth-order valence-electron chi connectivity index (χ4n) is 1.65. The molecule has 1 heterocycles. The van der Waals surface area contributed by atoms with Crippen LogP contribution in [0, 0.1) is 17.0 Å². The van der Waals surface area contributed by atoms with Gasteiger partial charge < -0.3 is 5.32 Å². The molecule has 0 unspecified atom stereocenters. The van der Waals surface area contributed by atoms with Crippen LogP contribution in [0.4, 0.5) is 11.4 Å². The van der Waals surface area contributed by atoms with Gasteiger partial charge >= 0.3 is 0 Å². The lowest BCUT2D eigenvalue weighted by atomic mass is 10.2. The predicted molar refractivity (Wildman–Crippen MR) is 89.9 cm³/mol. The van der Waals surface area contributed by atoms with E-state index >= 15 is 0 Å². The Morgan fingerprint density at radius 1 is 1.35 bits per heavy atom. The van der Waals surface area contributed by atoms with E-state index in [2.05, 4.69) is 37.2 Å². The molecule has 4 nitrogen and oxygen atoms in total. The van der Waals surface area contributed by atoms with E-state index in [0.29, 0.717) is 22.1 Å². The summed E-state index contributed by atoms with van der Waals surface area (Å²) >= 11 is 14.2. The Morgan fingerprint density at radius 2 is 2.05 bits per heavy atom. The number of anilines is 1. The molecule has 0 atom stereocenters. The van der Waals surface area contributed by atoms with Crippen molar-refractivity contribution in [3.63, 3.8) is 0 Å². The van der Waals surface area contributed by atoms with Crippen LogP contribution in [0.15, 0.2) is 27.1 Å². The molecule has 0 aliphatic carbocycles. The summed E-state index contributed by atoms with van der Waals surface area (Å²) in [6.07, 6.45) is 0. The van der Waals surface area contributed by atoms with Crippen molar-refractivity contribution in [1.29, 1.82) is 0 Å². The number of rotatable bonds is 4. The first-order valence-electron chi connectivity index (χ1n) is 5.50. The minimum atomic E-state index is -0.383. The quantitative estimate of drug-likeness (QED) is 0.486. The van der Waals surface area contributed by atoms with Gasteiger partial charge in [-0.25, -0.2) is 0 Å². The van der Waals surface area contributed by atoms with Crippen LogP contribution >= 0.6 is 54.8 Å². The maximum Gasteiger partial charge on any atom is 0.274 e. The van der Waals surface area contributed by atoms with Crippen molar-refractivity contribution in [3.8, 4) is 0 Å². The van der Waals surface area contributed by atoms with Crippen LogP contribution in [0.3, 0.4) is 0 Å². The Labute approximate surface area is 141 Å².